The summed E-state index contributed by atoms with van der Waals surface area (Å²) in [4.78, 5) is 18.7. The number of nitrogens with two attached hydrogens (primary N) is 1. The first kappa shape index (κ1) is 17.9. The summed E-state index contributed by atoms with van der Waals surface area (Å²) in [5.41, 5.74) is 8.15. The summed E-state index contributed by atoms with van der Waals surface area (Å²) in [6.45, 7) is 2.62. The van der Waals surface area contributed by atoms with Gasteiger partial charge in [-0.3, -0.25) is 4.79 Å². The lowest BCUT2D eigenvalue weighted by atomic mass is 9.77. The van der Waals surface area contributed by atoms with Crippen LogP contribution in [0.4, 0.5) is 0 Å². The monoisotopic (exact) mass is 362 g/mol. The van der Waals surface area contributed by atoms with Crippen molar-refractivity contribution >= 4 is 18.3 Å². The van der Waals surface area contributed by atoms with Crippen molar-refractivity contribution in [3.8, 4) is 0 Å². The first-order chi connectivity index (χ1) is 11.5. The third-order valence-corrected chi connectivity index (χ3v) is 5.22. The van der Waals surface area contributed by atoms with Crippen LogP contribution in [-0.4, -0.2) is 20.9 Å². The van der Waals surface area contributed by atoms with Crippen LogP contribution in [0.3, 0.4) is 0 Å². The average molecular weight is 363 g/mol. The predicted octanol–water partition coefficient (Wildman–Crippen LogP) is 3.00. The Kier molecular flexibility index (Phi) is 4.84. The molecular formula is C18H23ClN4O2. The van der Waals surface area contributed by atoms with Crippen LogP contribution >= 0.6 is 12.4 Å². The van der Waals surface area contributed by atoms with E-state index in [1.165, 1.54) is 5.56 Å². The number of likely N-dealkylation sites (tertiary alicyclic amines) is 1. The Hall–Kier alpha value is -1.92. The van der Waals surface area contributed by atoms with Gasteiger partial charge in [0, 0.05) is 13.0 Å². The first-order valence-corrected chi connectivity index (χ1v) is 8.53. The van der Waals surface area contributed by atoms with Gasteiger partial charge in [-0.25, -0.2) is 0 Å². The number of aromatic nitrogens is 2. The van der Waals surface area contributed by atoms with E-state index in [1.54, 1.807) is 0 Å². The summed E-state index contributed by atoms with van der Waals surface area (Å²) < 4.78 is 5.47. The van der Waals surface area contributed by atoms with Crippen LogP contribution in [-0.2, 0) is 16.9 Å². The number of hydrogen-bond acceptors (Lipinski definition) is 5. The summed E-state index contributed by atoms with van der Waals surface area (Å²) in [7, 11) is 0. The number of hydrogen-bond donors (Lipinski definition) is 1. The molecule has 2 heterocycles. The van der Waals surface area contributed by atoms with Crippen LogP contribution in [0.2, 0.25) is 0 Å². The normalized spacial score (nSPS) is 21.8. The van der Waals surface area contributed by atoms with Gasteiger partial charge in [-0.1, -0.05) is 35.0 Å². The zero-order chi connectivity index (χ0) is 16.7. The molecule has 1 aromatic carbocycles. The van der Waals surface area contributed by atoms with E-state index in [0.29, 0.717) is 31.1 Å². The van der Waals surface area contributed by atoms with Gasteiger partial charge in [0.25, 0.3) is 0 Å². The lowest BCUT2D eigenvalue weighted by Gasteiger charge is -2.34. The molecule has 1 saturated carbocycles. The molecule has 0 radical (unpaired) electrons. The van der Waals surface area contributed by atoms with Crippen LogP contribution in [0.1, 0.15) is 61.0 Å². The highest BCUT2D eigenvalue weighted by Gasteiger charge is 2.41. The number of rotatable bonds is 4. The maximum atomic E-state index is 12.3. The highest BCUT2D eigenvalue weighted by Crippen LogP contribution is 2.39. The van der Waals surface area contributed by atoms with Gasteiger partial charge in [0.1, 0.15) is 6.04 Å². The maximum absolute atomic E-state index is 12.3. The maximum Gasteiger partial charge on any atom is 0.249 e. The van der Waals surface area contributed by atoms with Gasteiger partial charge in [0.15, 0.2) is 5.82 Å². The molecule has 134 valence electrons. The number of aryl methyl sites for hydroxylation is 1. The smallest absolute Gasteiger partial charge is 0.249 e. The second-order valence-corrected chi connectivity index (χ2v) is 7.03. The molecule has 2 aliphatic rings. The van der Waals surface area contributed by atoms with Crippen LogP contribution in [0.25, 0.3) is 0 Å². The van der Waals surface area contributed by atoms with E-state index in [2.05, 4.69) is 41.3 Å². The number of nitrogens with zero attached hydrogens (tertiary/aromatic N) is 3. The Morgan fingerprint density at radius 2 is 2.04 bits per heavy atom. The van der Waals surface area contributed by atoms with Gasteiger partial charge in [-0.15, -0.1) is 12.4 Å². The zero-order valence-electron chi connectivity index (χ0n) is 14.3. The van der Waals surface area contributed by atoms with Crippen molar-refractivity contribution in [2.24, 2.45) is 5.73 Å². The van der Waals surface area contributed by atoms with E-state index in [4.69, 9.17) is 10.3 Å². The average Bonchev–Trinajstić information content (AvgIpc) is 3.15. The molecule has 0 bridgehead atoms. The Balaban J connectivity index is 0.00000182. The quantitative estimate of drug-likeness (QED) is 0.903. The second kappa shape index (κ2) is 6.77. The number of halogens is 1. The molecule has 0 spiro atoms. The molecule has 1 amide bonds. The first-order valence-electron chi connectivity index (χ1n) is 8.53. The lowest BCUT2D eigenvalue weighted by Crippen LogP contribution is -2.44. The topological polar surface area (TPSA) is 85.2 Å². The van der Waals surface area contributed by atoms with E-state index in [0.717, 1.165) is 24.8 Å². The Labute approximate surface area is 153 Å². The minimum atomic E-state index is -0.438. The number of amides is 1. The molecule has 1 unspecified atom stereocenters. The van der Waals surface area contributed by atoms with Gasteiger partial charge in [-0.05, 0) is 38.2 Å². The van der Waals surface area contributed by atoms with Gasteiger partial charge < -0.3 is 15.2 Å². The van der Waals surface area contributed by atoms with Crippen molar-refractivity contribution < 1.29 is 9.32 Å². The summed E-state index contributed by atoms with van der Waals surface area (Å²) in [6.07, 6.45) is 4.11. The van der Waals surface area contributed by atoms with Gasteiger partial charge in [0.2, 0.25) is 11.8 Å². The molecule has 1 saturated heterocycles. The second-order valence-electron chi connectivity index (χ2n) is 7.03. The van der Waals surface area contributed by atoms with Crippen molar-refractivity contribution in [1.29, 1.82) is 0 Å². The van der Waals surface area contributed by atoms with Crippen LogP contribution in [0.5, 0.6) is 0 Å². The third-order valence-electron chi connectivity index (χ3n) is 5.22. The van der Waals surface area contributed by atoms with E-state index in [9.17, 15) is 4.79 Å². The molecule has 1 atom stereocenters. The molecule has 6 nitrogen and oxygen atoms in total. The van der Waals surface area contributed by atoms with Gasteiger partial charge in [-0.2, -0.15) is 4.98 Å². The van der Waals surface area contributed by atoms with Crippen molar-refractivity contribution in [3.05, 3.63) is 47.1 Å². The highest BCUT2D eigenvalue weighted by molar-refractivity contribution is 5.85. The van der Waals surface area contributed by atoms with Crippen molar-refractivity contribution in [2.75, 3.05) is 0 Å². The minimum absolute atomic E-state index is 0. The van der Waals surface area contributed by atoms with Gasteiger partial charge in [0.05, 0.1) is 5.54 Å². The van der Waals surface area contributed by atoms with Crippen molar-refractivity contribution in [1.82, 2.24) is 15.0 Å². The summed E-state index contributed by atoms with van der Waals surface area (Å²) in [6, 6.07) is 8.08. The van der Waals surface area contributed by atoms with E-state index >= 15 is 0 Å². The lowest BCUT2D eigenvalue weighted by molar-refractivity contribution is -0.129. The molecule has 1 aliphatic carbocycles. The number of carbonyl (C=O) groups is 1. The molecular weight excluding hydrogens is 340 g/mol. The molecule has 4 rings (SSSR count). The Morgan fingerprint density at radius 3 is 2.68 bits per heavy atom. The summed E-state index contributed by atoms with van der Waals surface area (Å²) >= 11 is 0. The minimum Gasteiger partial charge on any atom is -0.337 e. The molecule has 1 aromatic heterocycles. The fourth-order valence-electron chi connectivity index (χ4n) is 3.43. The summed E-state index contributed by atoms with van der Waals surface area (Å²) in [5, 5.41) is 4.08. The number of carbonyl (C=O) groups excluding carboxylic acids is 1. The van der Waals surface area contributed by atoms with E-state index in [1.807, 2.05) is 4.90 Å². The predicted molar refractivity (Wildman–Crippen MR) is 95.0 cm³/mol. The third kappa shape index (κ3) is 3.28. The Bertz CT molecular complexity index is 755. The van der Waals surface area contributed by atoms with E-state index in [-0.39, 0.29) is 24.4 Å². The fourth-order valence-corrected chi connectivity index (χ4v) is 3.43. The number of benzene rings is 1. The molecule has 2 fully saturated rings. The molecule has 2 aromatic rings. The fraction of sp³-hybridized carbons (Fsp3) is 0.500. The largest absolute Gasteiger partial charge is 0.337 e. The Morgan fingerprint density at radius 1 is 1.32 bits per heavy atom. The van der Waals surface area contributed by atoms with E-state index < -0.39 is 5.54 Å². The van der Waals surface area contributed by atoms with Crippen LogP contribution in [0.15, 0.2) is 28.8 Å². The summed E-state index contributed by atoms with van der Waals surface area (Å²) in [5.74, 6) is 1.23. The van der Waals surface area contributed by atoms with Gasteiger partial charge >= 0.3 is 0 Å². The molecule has 1 aliphatic heterocycles. The van der Waals surface area contributed by atoms with Crippen LogP contribution in [0, 0.1) is 6.92 Å². The van der Waals surface area contributed by atoms with Crippen LogP contribution < -0.4 is 5.73 Å². The van der Waals surface area contributed by atoms with Crippen molar-refractivity contribution in [2.45, 2.75) is 57.2 Å². The zero-order valence-corrected chi connectivity index (χ0v) is 15.1. The molecule has 7 heteroatoms. The highest BCUT2D eigenvalue weighted by atomic mass is 35.5. The standard InChI is InChI=1S/C18H22N4O2.ClH/c1-12-3-5-13(6-4-12)11-22-14(7-8-15(22)23)16-20-17(21-24-16)18(19)9-2-10-18;/h3-6,14H,2,7-11,19H2,1H3;1H. The van der Waals surface area contributed by atoms with Crippen molar-refractivity contribution in [3.63, 3.8) is 0 Å². The SMILES string of the molecule is Cc1ccc(CN2C(=O)CCC2c2nc(C3(N)CCC3)no2)cc1.Cl. The molecule has 2 N–H and O–H groups in total. The molecule has 25 heavy (non-hydrogen) atoms.